The molecule has 0 unspecified atom stereocenters. The molecule has 39 heavy (non-hydrogen) atoms. The van der Waals surface area contributed by atoms with Crippen LogP contribution in [0.3, 0.4) is 0 Å². The van der Waals surface area contributed by atoms with Crippen molar-refractivity contribution < 1.29 is 28.7 Å². The predicted octanol–water partition coefficient (Wildman–Crippen LogP) is 4.27. The number of rotatable bonds is 8. The molecule has 210 valence electrons. The van der Waals surface area contributed by atoms with Crippen LogP contribution in [0.15, 0.2) is 47.6 Å². The summed E-state index contributed by atoms with van der Waals surface area (Å²) < 4.78 is 5.64. The van der Waals surface area contributed by atoms with Gasteiger partial charge < -0.3 is 4.74 Å². The highest BCUT2D eigenvalue weighted by molar-refractivity contribution is 6.18. The first kappa shape index (κ1) is 30.0. The van der Waals surface area contributed by atoms with Gasteiger partial charge in [0.25, 0.3) is 23.6 Å². The Morgan fingerprint density at radius 2 is 1.28 bits per heavy atom. The van der Waals surface area contributed by atoms with E-state index in [4.69, 9.17) is 4.74 Å². The average molecular weight is 537 g/mol. The summed E-state index contributed by atoms with van der Waals surface area (Å²) in [5.41, 5.74) is -0.0180. The lowest BCUT2D eigenvalue weighted by Gasteiger charge is -2.31. The molecule has 0 aromatic heterocycles. The van der Waals surface area contributed by atoms with Gasteiger partial charge in [-0.1, -0.05) is 74.4 Å². The van der Waals surface area contributed by atoms with Crippen molar-refractivity contribution in [2.75, 3.05) is 13.2 Å². The Bertz CT molecular complexity index is 1250. The van der Waals surface area contributed by atoms with E-state index in [1.165, 1.54) is 17.1 Å². The maximum absolute atomic E-state index is 13.4. The summed E-state index contributed by atoms with van der Waals surface area (Å²) in [6.07, 6.45) is 2.92. The molecular formula is C31H40N2O6. The molecule has 1 atom stereocenters. The third-order valence-corrected chi connectivity index (χ3v) is 6.94. The standard InChI is InChI=1S/C31H40N2O6/c1-29(2,3)22-15-25(35)32(27(22)37)17-20(33-26(36)16-23(28(33)38)30(4,5)6)14-19-10-12-21(13-11-19)39-18-24(34)31(7,8)9/h10-13,15-16,20H,14,17-18H2,1-9H3/t20-/m0/s1. The number of amides is 4. The fourth-order valence-electron chi connectivity index (χ4n) is 4.39. The van der Waals surface area contributed by atoms with Crippen molar-refractivity contribution in [1.82, 2.24) is 9.80 Å². The third kappa shape index (κ3) is 6.72. The monoisotopic (exact) mass is 536 g/mol. The molecule has 3 rings (SSSR count). The van der Waals surface area contributed by atoms with Crippen LogP contribution in [0.1, 0.15) is 67.9 Å². The molecule has 0 fully saturated rings. The number of hydrogen-bond donors (Lipinski definition) is 0. The molecule has 0 aliphatic carbocycles. The summed E-state index contributed by atoms with van der Waals surface area (Å²) in [4.78, 5) is 67.0. The Morgan fingerprint density at radius 3 is 1.74 bits per heavy atom. The molecule has 2 heterocycles. The van der Waals surface area contributed by atoms with E-state index in [1.54, 1.807) is 24.3 Å². The molecule has 1 aromatic rings. The van der Waals surface area contributed by atoms with E-state index in [0.717, 1.165) is 10.5 Å². The van der Waals surface area contributed by atoms with E-state index < -0.39 is 45.9 Å². The molecule has 1 aromatic carbocycles. The van der Waals surface area contributed by atoms with Crippen LogP contribution in [-0.4, -0.2) is 58.4 Å². The lowest BCUT2D eigenvalue weighted by Crippen LogP contribution is -2.50. The smallest absolute Gasteiger partial charge is 0.257 e. The van der Waals surface area contributed by atoms with Crippen molar-refractivity contribution in [3.05, 3.63) is 53.1 Å². The number of imide groups is 2. The van der Waals surface area contributed by atoms with Crippen LogP contribution in [0.4, 0.5) is 0 Å². The largest absolute Gasteiger partial charge is 0.486 e. The quantitative estimate of drug-likeness (QED) is 0.460. The molecule has 0 saturated heterocycles. The minimum Gasteiger partial charge on any atom is -0.486 e. The maximum atomic E-state index is 13.4. The highest BCUT2D eigenvalue weighted by Crippen LogP contribution is 2.34. The van der Waals surface area contributed by atoms with Crippen molar-refractivity contribution in [2.24, 2.45) is 16.2 Å². The molecule has 0 bridgehead atoms. The number of ketones is 1. The number of hydrogen-bond acceptors (Lipinski definition) is 6. The highest BCUT2D eigenvalue weighted by Gasteiger charge is 2.44. The Morgan fingerprint density at radius 1 is 0.769 bits per heavy atom. The van der Waals surface area contributed by atoms with Crippen molar-refractivity contribution >= 4 is 29.4 Å². The van der Waals surface area contributed by atoms with Crippen LogP contribution >= 0.6 is 0 Å². The van der Waals surface area contributed by atoms with Gasteiger partial charge in [0.15, 0.2) is 5.78 Å². The SMILES string of the molecule is CC(C)(C)C(=O)COc1ccc(C[C@@H](CN2C(=O)C=C(C(C)(C)C)C2=O)N2C(=O)C=C(C(C)(C)C)C2=O)cc1. The number of nitrogens with zero attached hydrogens (tertiary/aromatic N) is 2. The van der Waals surface area contributed by atoms with Gasteiger partial charge in [-0.2, -0.15) is 0 Å². The van der Waals surface area contributed by atoms with Gasteiger partial charge in [-0.25, -0.2) is 0 Å². The Kier molecular flexibility index (Phi) is 8.11. The zero-order chi connectivity index (χ0) is 29.5. The Hall–Kier alpha value is -3.55. The molecule has 0 spiro atoms. The van der Waals surface area contributed by atoms with Crippen LogP contribution in [0.5, 0.6) is 5.75 Å². The fourth-order valence-corrected chi connectivity index (χ4v) is 4.39. The van der Waals surface area contributed by atoms with Gasteiger partial charge in [0.1, 0.15) is 12.4 Å². The lowest BCUT2D eigenvalue weighted by atomic mass is 9.86. The van der Waals surface area contributed by atoms with Gasteiger partial charge in [0, 0.05) is 28.7 Å². The van der Waals surface area contributed by atoms with Crippen LogP contribution < -0.4 is 4.74 Å². The molecule has 2 aliphatic heterocycles. The van der Waals surface area contributed by atoms with Gasteiger partial charge in [0.05, 0.1) is 12.6 Å². The molecule has 4 amide bonds. The van der Waals surface area contributed by atoms with Crippen LogP contribution in [0.25, 0.3) is 0 Å². The molecule has 8 heteroatoms. The minimum absolute atomic E-state index is 0.0250. The van der Waals surface area contributed by atoms with Gasteiger partial charge >= 0.3 is 0 Å². The van der Waals surface area contributed by atoms with E-state index in [0.29, 0.717) is 16.9 Å². The van der Waals surface area contributed by atoms with E-state index in [2.05, 4.69) is 0 Å². The lowest BCUT2D eigenvalue weighted by molar-refractivity contribution is -0.145. The average Bonchev–Trinajstić information content (AvgIpc) is 3.26. The number of carbonyl (C=O) groups is 5. The topological polar surface area (TPSA) is 101 Å². The van der Waals surface area contributed by atoms with E-state index in [-0.39, 0.29) is 25.4 Å². The first-order valence-corrected chi connectivity index (χ1v) is 13.2. The van der Waals surface area contributed by atoms with Crippen molar-refractivity contribution in [2.45, 2.75) is 74.8 Å². The van der Waals surface area contributed by atoms with Crippen molar-refractivity contribution in [3.8, 4) is 5.75 Å². The van der Waals surface area contributed by atoms with E-state index in [1.807, 2.05) is 62.3 Å². The third-order valence-electron chi connectivity index (χ3n) is 6.94. The fraction of sp³-hybridized carbons (Fsp3) is 0.516. The molecule has 2 aliphatic rings. The second kappa shape index (κ2) is 10.5. The zero-order valence-corrected chi connectivity index (χ0v) is 24.5. The Balaban J connectivity index is 1.86. The summed E-state index contributed by atoms with van der Waals surface area (Å²) in [5.74, 6) is -1.25. The second-order valence-electron chi connectivity index (χ2n) is 13.3. The first-order chi connectivity index (χ1) is 17.8. The minimum atomic E-state index is -0.768. The number of benzene rings is 1. The Labute approximate surface area is 231 Å². The summed E-state index contributed by atoms with van der Waals surface area (Å²) >= 11 is 0. The van der Waals surface area contributed by atoms with Crippen LogP contribution in [0.2, 0.25) is 0 Å². The van der Waals surface area contributed by atoms with Gasteiger partial charge in [-0.3, -0.25) is 33.8 Å². The normalized spacial score (nSPS) is 17.6. The number of Topliss-reactive ketones (excluding diaryl/α,β-unsaturated/α-hetero) is 1. The molecular weight excluding hydrogens is 496 g/mol. The van der Waals surface area contributed by atoms with Crippen molar-refractivity contribution in [1.29, 1.82) is 0 Å². The predicted molar refractivity (Wildman–Crippen MR) is 148 cm³/mol. The van der Waals surface area contributed by atoms with Gasteiger partial charge in [0.2, 0.25) is 0 Å². The van der Waals surface area contributed by atoms with Gasteiger partial charge in [-0.15, -0.1) is 0 Å². The summed E-state index contributed by atoms with van der Waals surface area (Å²) in [6, 6.07) is 6.26. The number of carbonyl (C=O) groups excluding carboxylic acids is 5. The van der Waals surface area contributed by atoms with Gasteiger partial charge in [-0.05, 0) is 34.9 Å². The molecule has 0 N–H and O–H groups in total. The van der Waals surface area contributed by atoms with Crippen LogP contribution in [-0.2, 0) is 30.4 Å². The van der Waals surface area contributed by atoms with Crippen molar-refractivity contribution in [3.63, 3.8) is 0 Å². The van der Waals surface area contributed by atoms with E-state index >= 15 is 0 Å². The number of ether oxygens (including phenoxy) is 1. The molecule has 0 saturated carbocycles. The summed E-state index contributed by atoms with van der Waals surface area (Å²) in [6.45, 7) is 16.5. The summed E-state index contributed by atoms with van der Waals surface area (Å²) in [5, 5.41) is 0. The maximum Gasteiger partial charge on any atom is 0.257 e. The molecule has 8 nitrogen and oxygen atoms in total. The summed E-state index contributed by atoms with van der Waals surface area (Å²) in [7, 11) is 0. The van der Waals surface area contributed by atoms with Crippen LogP contribution in [0, 0.1) is 16.2 Å². The molecule has 0 radical (unpaired) electrons. The second-order valence-corrected chi connectivity index (χ2v) is 13.3. The highest BCUT2D eigenvalue weighted by atomic mass is 16.5. The zero-order valence-electron chi connectivity index (χ0n) is 24.5. The first-order valence-electron chi connectivity index (χ1n) is 13.2. The van der Waals surface area contributed by atoms with E-state index in [9.17, 15) is 24.0 Å².